The second kappa shape index (κ2) is 6.07. The highest BCUT2D eigenvalue weighted by Crippen LogP contribution is 2.33. The highest BCUT2D eigenvalue weighted by Gasteiger charge is 2.15. The molecule has 3 nitrogen and oxygen atoms in total. The van der Waals surface area contributed by atoms with Crippen molar-refractivity contribution in [3.8, 4) is 28.5 Å². The Labute approximate surface area is 137 Å². The van der Waals surface area contributed by atoms with Crippen LogP contribution in [0.3, 0.4) is 0 Å². The second-order valence-corrected chi connectivity index (χ2v) is 5.32. The third-order valence-electron chi connectivity index (χ3n) is 3.44. The number of hydrogen-bond acceptors (Lipinski definition) is 3. The van der Waals surface area contributed by atoms with E-state index in [1.807, 2.05) is 24.3 Å². The Kier molecular flexibility index (Phi) is 3.96. The predicted molar refractivity (Wildman–Crippen MR) is 89.2 cm³/mol. The van der Waals surface area contributed by atoms with Gasteiger partial charge in [-0.25, -0.2) is 9.37 Å². The van der Waals surface area contributed by atoms with E-state index in [9.17, 15) is 9.65 Å². The molecular weight excluding hydrogens is 313 g/mol. The van der Waals surface area contributed by atoms with Crippen LogP contribution in [0.2, 0.25) is 5.02 Å². The van der Waals surface area contributed by atoms with Gasteiger partial charge in [0.05, 0.1) is 5.69 Å². The third kappa shape index (κ3) is 2.87. The Morgan fingerprint density at radius 1 is 1.04 bits per heavy atom. The summed E-state index contributed by atoms with van der Waals surface area (Å²) in [5, 5.41) is 9.88. The minimum Gasteiger partial charge on any atom is -0.383 e. The molecule has 2 N–H and O–H groups in total. The first-order valence-corrected chi connectivity index (χ1v) is 7.19. The van der Waals surface area contributed by atoms with Gasteiger partial charge < -0.3 is 5.73 Å². The quantitative estimate of drug-likeness (QED) is 0.746. The fourth-order valence-corrected chi connectivity index (χ4v) is 2.61. The molecule has 112 valence electrons. The number of rotatable bonds is 2. The maximum Gasteiger partial charge on any atom is 0.142 e. The van der Waals surface area contributed by atoms with Gasteiger partial charge in [0.15, 0.2) is 0 Å². The van der Waals surface area contributed by atoms with Crippen LogP contribution in [0.4, 0.5) is 10.2 Å². The van der Waals surface area contributed by atoms with Gasteiger partial charge in [-0.15, -0.1) is 0 Å². The zero-order chi connectivity index (χ0) is 16.4. The molecule has 0 aliphatic heterocycles. The lowest BCUT2D eigenvalue weighted by molar-refractivity contribution is 0.628. The molecule has 0 fully saturated rings. The summed E-state index contributed by atoms with van der Waals surface area (Å²) in [7, 11) is 0. The first kappa shape index (κ1) is 15.0. The molecule has 0 bridgehead atoms. The molecule has 0 aliphatic carbocycles. The number of anilines is 1. The van der Waals surface area contributed by atoms with Crippen molar-refractivity contribution in [1.29, 1.82) is 5.26 Å². The maximum absolute atomic E-state index is 13.5. The summed E-state index contributed by atoms with van der Waals surface area (Å²) >= 11 is 6.20. The van der Waals surface area contributed by atoms with E-state index in [4.69, 9.17) is 17.3 Å². The van der Waals surface area contributed by atoms with Gasteiger partial charge in [-0.3, -0.25) is 0 Å². The molecule has 1 aromatic heterocycles. The van der Waals surface area contributed by atoms with E-state index >= 15 is 0 Å². The van der Waals surface area contributed by atoms with Gasteiger partial charge in [0.25, 0.3) is 0 Å². The molecule has 0 radical (unpaired) electrons. The van der Waals surface area contributed by atoms with Gasteiger partial charge in [0.2, 0.25) is 0 Å². The summed E-state index contributed by atoms with van der Waals surface area (Å²) in [6.07, 6.45) is 0. The lowest BCUT2D eigenvalue weighted by atomic mass is 9.98. The van der Waals surface area contributed by atoms with Crippen molar-refractivity contribution in [3.63, 3.8) is 0 Å². The molecule has 23 heavy (non-hydrogen) atoms. The maximum atomic E-state index is 13.5. The summed E-state index contributed by atoms with van der Waals surface area (Å²) < 4.78 is 13.5. The van der Waals surface area contributed by atoms with E-state index in [1.54, 1.807) is 24.3 Å². The fourth-order valence-electron chi connectivity index (χ4n) is 2.37. The molecule has 1 heterocycles. The Morgan fingerprint density at radius 3 is 2.52 bits per heavy atom. The fraction of sp³-hybridized carbons (Fsp3) is 0. The van der Waals surface area contributed by atoms with Crippen molar-refractivity contribution in [3.05, 3.63) is 71.0 Å². The van der Waals surface area contributed by atoms with Crippen LogP contribution in [0.15, 0.2) is 54.6 Å². The van der Waals surface area contributed by atoms with Crippen LogP contribution in [0.25, 0.3) is 22.4 Å². The van der Waals surface area contributed by atoms with Crippen molar-refractivity contribution in [2.75, 3.05) is 5.73 Å². The normalized spacial score (nSPS) is 10.3. The first-order chi connectivity index (χ1) is 11.1. The molecule has 3 aromatic rings. The molecule has 0 unspecified atom stereocenters. The zero-order valence-electron chi connectivity index (χ0n) is 11.9. The van der Waals surface area contributed by atoms with Crippen molar-refractivity contribution in [2.45, 2.75) is 0 Å². The summed E-state index contributed by atoms with van der Waals surface area (Å²) in [5.41, 5.74) is 8.45. The van der Waals surface area contributed by atoms with Gasteiger partial charge in [-0.05, 0) is 29.8 Å². The molecule has 5 heteroatoms. The number of hydrogen-bond donors (Lipinski definition) is 1. The first-order valence-electron chi connectivity index (χ1n) is 6.81. The van der Waals surface area contributed by atoms with E-state index < -0.39 is 0 Å². The van der Waals surface area contributed by atoms with E-state index in [1.165, 1.54) is 12.1 Å². The largest absolute Gasteiger partial charge is 0.383 e. The average molecular weight is 324 g/mol. The molecule has 0 spiro atoms. The molecular formula is C18H11ClFN3. The van der Waals surface area contributed by atoms with Crippen molar-refractivity contribution < 1.29 is 4.39 Å². The van der Waals surface area contributed by atoms with E-state index in [0.29, 0.717) is 27.4 Å². The third-order valence-corrected chi connectivity index (χ3v) is 3.77. The number of nitriles is 1. The number of pyridine rings is 1. The summed E-state index contributed by atoms with van der Waals surface area (Å²) in [4.78, 5) is 4.26. The Hall–Kier alpha value is -2.90. The molecule has 0 amide bonds. The van der Waals surface area contributed by atoms with Crippen LogP contribution in [0.1, 0.15) is 5.56 Å². The lowest BCUT2D eigenvalue weighted by Crippen LogP contribution is -2.00. The molecule has 3 rings (SSSR count). The SMILES string of the molecule is N#Cc1c(-c2cccc(F)c2)cc(-c2ccccc2Cl)nc1N. The van der Waals surface area contributed by atoms with E-state index in [0.717, 1.165) is 0 Å². The zero-order valence-corrected chi connectivity index (χ0v) is 12.7. The minimum absolute atomic E-state index is 0.0872. The molecule has 0 atom stereocenters. The van der Waals surface area contributed by atoms with E-state index in [2.05, 4.69) is 4.98 Å². The van der Waals surface area contributed by atoms with E-state index in [-0.39, 0.29) is 17.2 Å². The number of benzene rings is 2. The number of nitrogen functional groups attached to an aromatic ring is 1. The predicted octanol–water partition coefficient (Wildman–Crippen LogP) is 4.66. The number of aromatic nitrogens is 1. The molecule has 0 saturated heterocycles. The van der Waals surface area contributed by atoms with Crippen molar-refractivity contribution in [1.82, 2.24) is 4.98 Å². The van der Waals surface area contributed by atoms with Crippen molar-refractivity contribution in [2.24, 2.45) is 0 Å². The highest BCUT2D eigenvalue weighted by molar-refractivity contribution is 6.33. The van der Waals surface area contributed by atoms with Gasteiger partial charge in [0, 0.05) is 16.1 Å². The Bertz CT molecular complexity index is 932. The Balaban J connectivity index is 2.27. The number of halogens is 2. The summed E-state index contributed by atoms with van der Waals surface area (Å²) in [5.74, 6) is -0.301. The van der Waals surface area contributed by atoms with Crippen molar-refractivity contribution >= 4 is 17.4 Å². The van der Waals surface area contributed by atoms with Crippen LogP contribution in [-0.4, -0.2) is 4.98 Å². The monoisotopic (exact) mass is 323 g/mol. The minimum atomic E-state index is -0.388. The summed E-state index contributed by atoms with van der Waals surface area (Å²) in [6.45, 7) is 0. The Morgan fingerprint density at radius 2 is 1.83 bits per heavy atom. The van der Waals surface area contributed by atoms with Crippen LogP contribution in [0, 0.1) is 17.1 Å². The van der Waals surface area contributed by atoms with Crippen LogP contribution >= 0.6 is 11.6 Å². The highest BCUT2D eigenvalue weighted by atomic mass is 35.5. The van der Waals surface area contributed by atoms with Gasteiger partial charge in [-0.1, -0.05) is 41.9 Å². The number of nitrogens with two attached hydrogens (primary N) is 1. The second-order valence-electron chi connectivity index (χ2n) is 4.92. The van der Waals surface area contributed by atoms with Crippen LogP contribution in [-0.2, 0) is 0 Å². The molecule has 2 aromatic carbocycles. The summed E-state index contributed by atoms with van der Waals surface area (Å²) in [6, 6.07) is 16.9. The lowest BCUT2D eigenvalue weighted by Gasteiger charge is -2.11. The molecule has 0 saturated carbocycles. The van der Waals surface area contributed by atoms with Gasteiger partial charge in [-0.2, -0.15) is 5.26 Å². The van der Waals surface area contributed by atoms with Crippen LogP contribution in [0.5, 0.6) is 0 Å². The van der Waals surface area contributed by atoms with Crippen LogP contribution < -0.4 is 5.73 Å². The number of nitrogens with zero attached hydrogens (tertiary/aromatic N) is 2. The van der Waals surface area contributed by atoms with Gasteiger partial charge in [0.1, 0.15) is 23.3 Å². The standard InChI is InChI=1S/C18H11ClFN3/c19-16-7-2-1-6-13(16)17-9-14(15(10-21)18(22)23-17)11-4-3-5-12(20)8-11/h1-9H,(H2,22,23). The average Bonchev–Trinajstić information content (AvgIpc) is 2.54. The topological polar surface area (TPSA) is 62.7 Å². The van der Waals surface area contributed by atoms with Gasteiger partial charge >= 0.3 is 0 Å². The smallest absolute Gasteiger partial charge is 0.142 e. The molecule has 0 aliphatic rings.